The molecule has 2 N–H and O–H groups in total. The normalized spacial score (nSPS) is 12.0. The van der Waals surface area contributed by atoms with Gasteiger partial charge in [-0.3, -0.25) is 4.18 Å². The minimum absolute atomic E-state index is 0.0869. The quantitative estimate of drug-likeness (QED) is 0.391. The second kappa shape index (κ2) is 7.70. The molecule has 0 spiro atoms. The summed E-state index contributed by atoms with van der Waals surface area (Å²) in [5.41, 5.74) is 9.37. The summed E-state index contributed by atoms with van der Waals surface area (Å²) in [6.07, 6.45) is 1.55. The second-order valence-corrected chi connectivity index (χ2v) is 8.82. The molecule has 5 rings (SSSR count). The molecule has 10 nitrogen and oxygen atoms in total. The fraction of sp³-hybridized carbons (Fsp3) is 0.143. The number of benzene rings is 2. The Labute approximate surface area is 183 Å². The van der Waals surface area contributed by atoms with Gasteiger partial charge in [0.15, 0.2) is 22.6 Å². The Hall–Kier alpha value is -3.83. The van der Waals surface area contributed by atoms with E-state index in [2.05, 4.69) is 20.1 Å². The Balaban J connectivity index is 1.42. The van der Waals surface area contributed by atoms with Gasteiger partial charge in [-0.05, 0) is 19.1 Å². The zero-order valence-electron chi connectivity index (χ0n) is 17.1. The van der Waals surface area contributed by atoms with Crippen molar-refractivity contribution in [2.45, 2.75) is 18.4 Å². The molecule has 2 aromatic carbocycles. The molecule has 11 heteroatoms. The number of nitrogens with zero attached hydrogens (tertiary/aromatic N) is 6. The molecule has 5 aromatic rings. The summed E-state index contributed by atoms with van der Waals surface area (Å²) >= 11 is 0. The lowest BCUT2D eigenvalue weighted by molar-refractivity contribution is 0.302. The van der Waals surface area contributed by atoms with Crippen molar-refractivity contribution < 1.29 is 12.6 Å². The third kappa shape index (κ3) is 3.57. The van der Waals surface area contributed by atoms with Crippen LogP contribution in [0.1, 0.15) is 5.56 Å². The van der Waals surface area contributed by atoms with Crippen LogP contribution in [0.15, 0.2) is 65.8 Å². The zero-order chi connectivity index (χ0) is 22.3. The van der Waals surface area contributed by atoms with E-state index in [-0.39, 0.29) is 24.0 Å². The van der Waals surface area contributed by atoms with Gasteiger partial charge < -0.3 is 10.3 Å². The van der Waals surface area contributed by atoms with Crippen molar-refractivity contribution in [1.82, 2.24) is 29.1 Å². The predicted molar refractivity (Wildman–Crippen MR) is 118 cm³/mol. The average molecular weight is 449 g/mol. The summed E-state index contributed by atoms with van der Waals surface area (Å²) in [6.45, 7) is 2.01. The molecule has 0 bridgehead atoms. The van der Waals surface area contributed by atoms with E-state index in [0.29, 0.717) is 22.6 Å². The molecular weight excluding hydrogens is 430 g/mol. The highest BCUT2D eigenvalue weighted by molar-refractivity contribution is 7.86. The van der Waals surface area contributed by atoms with Crippen LogP contribution in [-0.4, -0.2) is 44.2 Å². The van der Waals surface area contributed by atoms with Crippen molar-refractivity contribution >= 4 is 32.9 Å². The van der Waals surface area contributed by atoms with E-state index in [0.717, 1.165) is 11.1 Å². The van der Waals surface area contributed by atoms with Crippen LogP contribution in [-0.2, 0) is 20.8 Å². The lowest BCUT2D eigenvalue weighted by Gasteiger charge is -2.07. The summed E-state index contributed by atoms with van der Waals surface area (Å²) < 4.78 is 33.1. The number of hydrogen-bond acceptors (Lipinski definition) is 8. The van der Waals surface area contributed by atoms with E-state index < -0.39 is 10.1 Å². The molecule has 0 amide bonds. The number of imidazole rings is 1. The summed E-state index contributed by atoms with van der Waals surface area (Å²) in [7, 11) is -3.86. The van der Waals surface area contributed by atoms with Crippen LogP contribution in [0.4, 0.5) is 5.95 Å². The standard InChI is InChI=1S/C21H19N7O3S/c1-14-7-9-16(10-8-14)32(29,30)31-12-11-27-13-23-17-19(27)25-21(22)28-20(17)24-18(26-28)15-5-3-2-4-6-15/h2-10,13H,11-12H2,1H3,(H2,22,25). The van der Waals surface area contributed by atoms with Gasteiger partial charge in [-0.15, -0.1) is 5.10 Å². The van der Waals surface area contributed by atoms with Crippen molar-refractivity contribution in [2.75, 3.05) is 12.3 Å². The molecule has 0 saturated heterocycles. The first-order valence-electron chi connectivity index (χ1n) is 9.81. The Morgan fingerprint density at radius 3 is 2.50 bits per heavy atom. The minimum atomic E-state index is -3.86. The largest absolute Gasteiger partial charge is 0.368 e. The molecule has 0 atom stereocenters. The van der Waals surface area contributed by atoms with Crippen LogP contribution in [0.5, 0.6) is 0 Å². The SMILES string of the molecule is Cc1ccc(S(=O)(=O)OCCn2cnc3c2nc(N)n2nc(-c4ccccc4)nc32)cc1. The van der Waals surface area contributed by atoms with Crippen molar-refractivity contribution in [3.63, 3.8) is 0 Å². The van der Waals surface area contributed by atoms with Gasteiger partial charge in [-0.25, -0.2) is 9.97 Å². The third-order valence-electron chi connectivity index (χ3n) is 4.98. The molecule has 0 aliphatic heterocycles. The molecular formula is C21H19N7O3S. The van der Waals surface area contributed by atoms with Crippen molar-refractivity contribution in [2.24, 2.45) is 0 Å². The van der Waals surface area contributed by atoms with Crippen molar-refractivity contribution in [3.8, 4) is 11.4 Å². The van der Waals surface area contributed by atoms with Gasteiger partial charge in [0, 0.05) is 5.56 Å². The van der Waals surface area contributed by atoms with Gasteiger partial charge in [-0.2, -0.15) is 17.9 Å². The van der Waals surface area contributed by atoms with Crippen LogP contribution < -0.4 is 5.73 Å². The molecule has 0 saturated carbocycles. The molecule has 0 unspecified atom stereocenters. The number of hydrogen-bond donors (Lipinski definition) is 1. The van der Waals surface area contributed by atoms with Gasteiger partial charge in [-0.1, -0.05) is 48.0 Å². The van der Waals surface area contributed by atoms with Crippen LogP contribution in [0, 0.1) is 6.92 Å². The fourth-order valence-electron chi connectivity index (χ4n) is 3.32. The topological polar surface area (TPSA) is 130 Å². The van der Waals surface area contributed by atoms with E-state index in [1.54, 1.807) is 23.0 Å². The highest BCUT2D eigenvalue weighted by Gasteiger charge is 2.18. The molecule has 32 heavy (non-hydrogen) atoms. The maximum atomic E-state index is 12.4. The van der Waals surface area contributed by atoms with E-state index >= 15 is 0 Å². The maximum Gasteiger partial charge on any atom is 0.297 e. The van der Waals surface area contributed by atoms with Crippen LogP contribution in [0.2, 0.25) is 0 Å². The smallest absolute Gasteiger partial charge is 0.297 e. The van der Waals surface area contributed by atoms with Gasteiger partial charge in [0.2, 0.25) is 5.95 Å². The summed E-state index contributed by atoms with van der Waals surface area (Å²) in [5, 5.41) is 4.44. The Morgan fingerprint density at radius 2 is 1.75 bits per heavy atom. The number of rotatable bonds is 6. The first kappa shape index (κ1) is 20.1. The van der Waals surface area contributed by atoms with Crippen LogP contribution in [0.3, 0.4) is 0 Å². The van der Waals surface area contributed by atoms with E-state index in [9.17, 15) is 8.42 Å². The monoisotopic (exact) mass is 449 g/mol. The van der Waals surface area contributed by atoms with E-state index in [1.165, 1.54) is 16.6 Å². The van der Waals surface area contributed by atoms with Crippen molar-refractivity contribution in [3.05, 3.63) is 66.5 Å². The first-order chi connectivity index (χ1) is 15.4. The van der Waals surface area contributed by atoms with Crippen LogP contribution in [0.25, 0.3) is 28.2 Å². The molecule has 3 heterocycles. The van der Waals surface area contributed by atoms with Gasteiger partial charge in [0.25, 0.3) is 10.1 Å². The van der Waals surface area contributed by atoms with Crippen LogP contribution >= 0.6 is 0 Å². The van der Waals surface area contributed by atoms with Gasteiger partial charge in [0.1, 0.15) is 0 Å². The Kier molecular flexibility index (Phi) is 4.83. The highest BCUT2D eigenvalue weighted by atomic mass is 32.2. The summed E-state index contributed by atoms with van der Waals surface area (Å²) in [5.74, 6) is 0.658. The van der Waals surface area contributed by atoms with Crippen molar-refractivity contribution in [1.29, 1.82) is 0 Å². The number of anilines is 1. The number of aryl methyl sites for hydroxylation is 1. The molecule has 0 radical (unpaired) electrons. The molecule has 0 fully saturated rings. The molecule has 3 aromatic heterocycles. The van der Waals surface area contributed by atoms with Gasteiger partial charge in [0.05, 0.1) is 24.4 Å². The number of nitrogens with two attached hydrogens (primary N) is 1. The Morgan fingerprint density at radius 1 is 1.00 bits per heavy atom. The first-order valence-corrected chi connectivity index (χ1v) is 11.2. The lowest BCUT2D eigenvalue weighted by atomic mass is 10.2. The number of aromatic nitrogens is 6. The van der Waals surface area contributed by atoms with E-state index in [1.807, 2.05) is 37.3 Å². The third-order valence-corrected chi connectivity index (χ3v) is 6.31. The molecule has 162 valence electrons. The summed E-state index contributed by atoms with van der Waals surface area (Å²) in [4.78, 5) is 13.5. The molecule has 0 aliphatic carbocycles. The zero-order valence-corrected chi connectivity index (χ0v) is 17.9. The summed E-state index contributed by atoms with van der Waals surface area (Å²) in [6, 6.07) is 16.0. The molecule has 0 aliphatic rings. The Bertz CT molecular complexity index is 1530. The minimum Gasteiger partial charge on any atom is -0.368 e. The lowest BCUT2D eigenvalue weighted by Crippen LogP contribution is -2.12. The average Bonchev–Trinajstić information content (AvgIpc) is 3.40. The van der Waals surface area contributed by atoms with Gasteiger partial charge >= 0.3 is 0 Å². The predicted octanol–water partition coefficient (Wildman–Crippen LogP) is 2.44. The highest BCUT2D eigenvalue weighted by Crippen LogP contribution is 2.22. The van der Waals surface area contributed by atoms with E-state index in [4.69, 9.17) is 9.92 Å². The number of fused-ring (bicyclic) bond motifs is 3. The number of nitrogen functional groups attached to an aromatic ring is 1. The maximum absolute atomic E-state index is 12.4. The fourth-order valence-corrected chi connectivity index (χ4v) is 4.22. The second-order valence-electron chi connectivity index (χ2n) is 7.21.